The molecule has 1 amide bonds. The zero-order valence-corrected chi connectivity index (χ0v) is 11.5. The van der Waals surface area contributed by atoms with E-state index in [2.05, 4.69) is 4.98 Å². The number of hydrogen-bond acceptors (Lipinski definition) is 5. The minimum absolute atomic E-state index is 0.110. The highest BCUT2D eigenvalue weighted by atomic mass is 16.4. The van der Waals surface area contributed by atoms with Gasteiger partial charge in [-0.3, -0.25) is 9.59 Å². The van der Waals surface area contributed by atoms with Gasteiger partial charge in [0, 0.05) is 18.8 Å². The second-order valence-corrected chi connectivity index (χ2v) is 5.28. The highest BCUT2D eigenvalue weighted by Gasteiger charge is 2.42. The minimum Gasteiger partial charge on any atom is -0.480 e. The van der Waals surface area contributed by atoms with Gasteiger partial charge in [0.05, 0.1) is 5.56 Å². The van der Waals surface area contributed by atoms with Gasteiger partial charge in [-0.2, -0.15) is 0 Å². The molecule has 20 heavy (non-hydrogen) atoms. The average molecular weight is 278 g/mol. The van der Waals surface area contributed by atoms with Gasteiger partial charge in [-0.05, 0) is 31.9 Å². The zero-order chi connectivity index (χ0) is 15.1. The van der Waals surface area contributed by atoms with E-state index in [1.165, 1.54) is 0 Å². The topological polar surface area (TPSA) is 123 Å². The summed E-state index contributed by atoms with van der Waals surface area (Å²) >= 11 is 0. The summed E-state index contributed by atoms with van der Waals surface area (Å²) in [5, 5.41) is 9.16. The van der Waals surface area contributed by atoms with Crippen molar-refractivity contribution >= 4 is 17.7 Å². The van der Waals surface area contributed by atoms with Crippen LogP contribution in [0.2, 0.25) is 0 Å². The standard InChI is InChI=1S/C13H18N4O3/c1-7-5-8(2)16-11(9(7)10(14)18)17-4-3-13(15,6-17)12(19)20/h5H,3-4,6,15H2,1-2H3,(H2,14,18)(H,19,20). The van der Waals surface area contributed by atoms with Gasteiger partial charge in [0.15, 0.2) is 0 Å². The van der Waals surface area contributed by atoms with Crippen LogP contribution in [-0.4, -0.2) is 40.6 Å². The van der Waals surface area contributed by atoms with Crippen molar-refractivity contribution in [2.45, 2.75) is 25.8 Å². The minimum atomic E-state index is -1.31. The number of nitrogens with two attached hydrogens (primary N) is 2. The molecule has 2 rings (SSSR count). The first kappa shape index (κ1) is 14.3. The second-order valence-electron chi connectivity index (χ2n) is 5.28. The lowest BCUT2D eigenvalue weighted by Crippen LogP contribution is -2.50. The van der Waals surface area contributed by atoms with Crippen LogP contribution in [0.5, 0.6) is 0 Å². The molecule has 5 N–H and O–H groups in total. The Labute approximate surface area is 116 Å². The largest absolute Gasteiger partial charge is 0.480 e. The number of anilines is 1. The van der Waals surface area contributed by atoms with E-state index in [0.29, 0.717) is 24.3 Å². The summed E-state index contributed by atoms with van der Waals surface area (Å²) in [7, 11) is 0. The molecule has 1 saturated heterocycles. The Hall–Kier alpha value is -2.15. The van der Waals surface area contributed by atoms with Crippen molar-refractivity contribution in [2.24, 2.45) is 11.5 Å². The van der Waals surface area contributed by atoms with E-state index in [4.69, 9.17) is 16.6 Å². The second kappa shape index (κ2) is 4.75. The van der Waals surface area contributed by atoms with Crippen LogP contribution < -0.4 is 16.4 Å². The number of carbonyl (C=O) groups excluding carboxylic acids is 1. The number of nitrogens with zero attached hydrogens (tertiary/aromatic N) is 2. The van der Waals surface area contributed by atoms with Crippen LogP contribution in [0.4, 0.5) is 5.82 Å². The number of carboxylic acid groups (broad SMARTS) is 1. The molecule has 0 spiro atoms. The third-order valence-corrected chi connectivity index (χ3v) is 3.60. The van der Waals surface area contributed by atoms with Gasteiger partial charge in [0.2, 0.25) is 0 Å². The number of aryl methyl sites for hydroxylation is 2. The quantitative estimate of drug-likeness (QED) is 0.703. The first-order chi connectivity index (χ1) is 9.24. The summed E-state index contributed by atoms with van der Waals surface area (Å²) in [6.07, 6.45) is 0.301. The smallest absolute Gasteiger partial charge is 0.325 e. The number of carbonyl (C=O) groups is 2. The first-order valence-electron chi connectivity index (χ1n) is 6.30. The molecule has 108 valence electrons. The van der Waals surface area contributed by atoms with E-state index >= 15 is 0 Å². The lowest BCUT2D eigenvalue weighted by molar-refractivity contribution is -0.142. The first-order valence-corrected chi connectivity index (χ1v) is 6.30. The van der Waals surface area contributed by atoms with E-state index < -0.39 is 17.4 Å². The van der Waals surface area contributed by atoms with Crippen LogP contribution in [0.15, 0.2) is 6.07 Å². The molecule has 0 bridgehead atoms. The van der Waals surface area contributed by atoms with Crippen LogP contribution in [0, 0.1) is 13.8 Å². The van der Waals surface area contributed by atoms with Crippen molar-refractivity contribution < 1.29 is 14.7 Å². The maximum atomic E-state index is 11.6. The number of carboxylic acids is 1. The lowest BCUT2D eigenvalue weighted by Gasteiger charge is -2.23. The highest BCUT2D eigenvalue weighted by Crippen LogP contribution is 2.28. The molecule has 0 saturated carbocycles. The van der Waals surface area contributed by atoms with E-state index in [1.54, 1.807) is 17.9 Å². The lowest BCUT2D eigenvalue weighted by atomic mass is 10.0. The molecule has 1 aliphatic rings. The Morgan fingerprint density at radius 2 is 2.10 bits per heavy atom. The Balaban J connectivity index is 2.44. The summed E-state index contributed by atoms with van der Waals surface area (Å²) in [5.74, 6) is -1.21. The third kappa shape index (κ3) is 2.32. The molecule has 7 heteroatoms. The number of amides is 1. The monoisotopic (exact) mass is 278 g/mol. The predicted octanol–water partition coefficient (Wildman–Crippen LogP) is -0.210. The fraction of sp³-hybridized carbons (Fsp3) is 0.462. The summed E-state index contributed by atoms with van der Waals surface area (Å²) in [5.41, 5.74) is 11.7. The van der Waals surface area contributed by atoms with Gasteiger partial charge >= 0.3 is 5.97 Å². The van der Waals surface area contributed by atoms with Crippen molar-refractivity contribution in [2.75, 3.05) is 18.0 Å². The fourth-order valence-electron chi connectivity index (χ4n) is 2.54. The molecule has 1 fully saturated rings. The van der Waals surface area contributed by atoms with Crippen LogP contribution in [-0.2, 0) is 4.79 Å². The normalized spacial score (nSPS) is 22.1. The SMILES string of the molecule is Cc1cc(C)c(C(N)=O)c(N2CCC(N)(C(=O)O)C2)n1. The van der Waals surface area contributed by atoms with E-state index in [0.717, 1.165) is 11.3 Å². The number of hydrogen-bond donors (Lipinski definition) is 3. The summed E-state index contributed by atoms with van der Waals surface area (Å²) in [6.45, 7) is 4.13. The Morgan fingerprint density at radius 3 is 2.60 bits per heavy atom. The molecule has 1 aromatic rings. The van der Waals surface area contributed by atoms with Crippen molar-refractivity contribution in [1.29, 1.82) is 0 Å². The average Bonchev–Trinajstić information content (AvgIpc) is 2.71. The molecule has 0 aromatic carbocycles. The number of rotatable bonds is 3. The summed E-state index contributed by atoms with van der Waals surface area (Å²) in [4.78, 5) is 28.9. The van der Waals surface area contributed by atoms with Gasteiger partial charge in [-0.15, -0.1) is 0 Å². The van der Waals surface area contributed by atoms with Crippen LogP contribution in [0.25, 0.3) is 0 Å². The van der Waals surface area contributed by atoms with Crippen LogP contribution >= 0.6 is 0 Å². The molecule has 1 aromatic heterocycles. The highest BCUT2D eigenvalue weighted by molar-refractivity contribution is 5.99. The molecule has 1 unspecified atom stereocenters. The van der Waals surface area contributed by atoms with Gasteiger partial charge < -0.3 is 21.5 Å². The number of pyridine rings is 1. The summed E-state index contributed by atoms with van der Waals surface area (Å²) < 4.78 is 0. The van der Waals surface area contributed by atoms with Gasteiger partial charge in [0.1, 0.15) is 11.4 Å². The van der Waals surface area contributed by atoms with Crippen LogP contribution in [0.1, 0.15) is 28.0 Å². The predicted molar refractivity (Wildman–Crippen MR) is 73.6 cm³/mol. The van der Waals surface area contributed by atoms with Gasteiger partial charge in [-0.25, -0.2) is 4.98 Å². The molecule has 0 aliphatic carbocycles. The van der Waals surface area contributed by atoms with Crippen LogP contribution in [0.3, 0.4) is 0 Å². The van der Waals surface area contributed by atoms with Crippen molar-refractivity contribution in [3.8, 4) is 0 Å². The Bertz CT molecular complexity index is 587. The zero-order valence-electron chi connectivity index (χ0n) is 11.5. The maximum absolute atomic E-state index is 11.6. The number of aromatic nitrogens is 1. The van der Waals surface area contributed by atoms with Crippen molar-refractivity contribution in [1.82, 2.24) is 4.98 Å². The maximum Gasteiger partial charge on any atom is 0.325 e. The Kier molecular flexibility index (Phi) is 3.39. The number of primary amides is 1. The molecule has 1 atom stereocenters. The molecular weight excluding hydrogens is 260 g/mol. The molecule has 2 heterocycles. The van der Waals surface area contributed by atoms with E-state index in [9.17, 15) is 9.59 Å². The van der Waals surface area contributed by atoms with E-state index in [-0.39, 0.29) is 6.54 Å². The fourth-order valence-corrected chi connectivity index (χ4v) is 2.54. The van der Waals surface area contributed by atoms with Gasteiger partial charge in [-0.1, -0.05) is 0 Å². The van der Waals surface area contributed by atoms with E-state index in [1.807, 2.05) is 6.92 Å². The van der Waals surface area contributed by atoms with Crippen molar-refractivity contribution in [3.05, 3.63) is 22.9 Å². The number of aliphatic carboxylic acids is 1. The summed E-state index contributed by atoms with van der Waals surface area (Å²) in [6, 6.07) is 1.77. The molecule has 0 radical (unpaired) electrons. The molecule has 1 aliphatic heterocycles. The van der Waals surface area contributed by atoms with Crippen molar-refractivity contribution in [3.63, 3.8) is 0 Å². The Morgan fingerprint density at radius 1 is 1.45 bits per heavy atom. The molecule has 7 nitrogen and oxygen atoms in total. The van der Waals surface area contributed by atoms with Gasteiger partial charge in [0.25, 0.3) is 5.91 Å². The third-order valence-electron chi connectivity index (χ3n) is 3.60. The molecular formula is C13H18N4O3.